The first kappa shape index (κ1) is 15.9. The predicted octanol–water partition coefficient (Wildman–Crippen LogP) is 3.49. The van der Waals surface area contributed by atoms with Gasteiger partial charge < -0.3 is 10.5 Å². The number of ether oxygens (including phenoxy) is 1. The molecule has 0 aromatic heterocycles. The molecular formula is C15H18F2N2O. The molecule has 0 unspecified atom stereocenters. The van der Waals surface area contributed by atoms with Gasteiger partial charge in [0.05, 0.1) is 7.11 Å². The monoisotopic (exact) mass is 280 g/mol. The second-order valence-electron chi connectivity index (χ2n) is 3.99. The van der Waals surface area contributed by atoms with Crippen molar-refractivity contribution in [2.45, 2.75) is 19.8 Å². The topological polar surface area (TPSA) is 47.6 Å². The number of alkyl halides is 2. The van der Waals surface area contributed by atoms with E-state index in [0.29, 0.717) is 23.6 Å². The molecule has 3 nitrogen and oxygen atoms in total. The second kappa shape index (κ2) is 8.09. The molecule has 0 bridgehead atoms. The van der Waals surface area contributed by atoms with Crippen molar-refractivity contribution in [1.29, 1.82) is 0 Å². The van der Waals surface area contributed by atoms with E-state index in [1.165, 1.54) is 25.5 Å². The van der Waals surface area contributed by atoms with Crippen molar-refractivity contribution < 1.29 is 13.5 Å². The van der Waals surface area contributed by atoms with Crippen LogP contribution in [0.1, 0.15) is 13.3 Å². The largest absolute Gasteiger partial charge is 0.481 e. The standard InChI is InChI=1S/C15H18F2N2O/c1-3-4-8-14(20-2)19-10-12-9-11(15(16)17)6-5-7-13(12)18/h3-4,6-10,15H,5,18H2,1-2H3/b4-3-,14-8+,19-10?. The molecule has 0 atom stereocenters. The molecule has 0 spiro atoms. The summed E-state index contributed by atoms with van der Waals surface area (Å²) in [6.45, 7) is 1.86. The van der Waals surface area contributed by atoms with E-state index in [1.807, 2.05) is 13.0 Å². The van der Waals surface area contributed by atoms with Crippen molar-refractivity contribution in [3.8, 4) is 0 Å². The molecule has 0 fully saturated rings. The van der Waals surface area contributed by atoms with Gasteiger partial charge in [-0.1, -0.05) is 24.3 Å². The summed E-state index contributed by atoms with van der Waals surface area (Å²) in [6, 6.07) is 0. The maximum absolute atomic E-state index is 12.8. The summed E-state index contributed by atoms with van der Waals surface area (Å²) in [5.74, 6) is 0.364. The zero-order chi connectivity index (χ0) is 15.0. The van der Waals surface area contributed by atoms with Gasteiger partial charge in [0.1, 0.15) is 0 Å². The first-order valence-corrected chi connectivity index (χ1v) is 6.15. The first-order chi connectivity index (χ1) is 9.58. The lowest BCUT2D eigenvalue weighted by Crippen LogP contribution is -2.03. The van der Waals surface area contributed by atoms with Crippen molar-refractivity contribution in [3.63, 3.8) is 0 Å². The maximum Gasteiger partial charge on any atom is 0.263 e. The zero-order valence-corrected chi connectivity index (χ0v) is 11.5. The van der Waals surface area contributed by atoms with Crippen LogP contribution in [0, 0.1) is 0 Å². The van der Waals surface area contributed by atoms with Crippen LogP contribution in [0.15, 0.2) is 64.2 Å². The SMILES string of the molecule is C/C=C\C=C(/N=CC1=CC(C(F)F)=CCC=C1N)OC. The first-order valence-electron chi connectivity index (χ1n) is 6.15. The minimum absolute atomic E-state index is 0.0560. The number of rotatable bonds is 5. The summed E-state index contributed by atoms with van der Waals surface area (Å²) in [5.41, 5.74) is 6.62. The van der Waals surface area contributed by atoms with Crippen molar-refractivity contribution in [1.82, 2.24) is 0 Å². The quantitative estimate of drug-likeness (QED) is 0.476. The number of hydrogen-bond acceptors (Lipinski definition) is 3. The van der Waals surface area contributed by atoms with E-state index in [0.717, 1.165) is 0 Å². The summed E-state index contributed by atoms with van der Waals surface area (Å²) in [4.78, 5) is 4.09. The Labute approximate surface area is 117 Å². The van der Waals surface area contributed by atoms with Crippen LogP contribution in [0.5, 0.6) is 0 Å². The van der Waals surface area contributed by atoms with Crippen LogP contribution < -0.4 is 5.73 Å². The van der Waals surface area contributed by atoms with Crippen LogP contribution in [0.3, 0.4) is 0 Å². The maximum atomic E-state index is 12.8. The van der Waals surface area contributed by atoms with Crippen LogP contribution in [-0.4, -0.2) is 19.7 Å². The molecule has 0 aliphatic heterocycles. The van der Waals surface area contributed by atoms with E-state index in [2.05, 4.69) is 4.99 Å². The van der Waals surface area contributed by atoms with Crippen LogP contribution in [-0.2, 0) is 4.74 Å². The number of halogens is 2. The molecule has 0 amide bonds. The average molecular weight is 280 g/mol. The Kier molecular flexibility index (Phi) is 6.43. The van der Waals surface area contributed by atoms with Gasteiger partial charge in [-0.15, -0.1) is 0 Å². The van der Waals surface area contributed by atoms with Gasteiger partial charge in [0.2, 0.25) is 5.88 Å². The molecule has 108 valence electrons. The van der Waals surface area contributed by atoms with Gasteiger partial charge in [-0.2, -0.15) is 0 Å². The van der Waals surface area contributed by atoms with Crippen LogP contribution in [0.4, 0.5) is 8.78 Å². The Morgan fingerprint density at radius 1 is 1.45 bits per heavy atom. The highest BCUT2D eigenvalue weighted by Crippen LogP contribution is 2.19. The smallest absolute Gasteiger partial charge is 0.263 e. The van der Waals surface area contributed by atoms with Crippen LogP contribution in [0.25, 0.3) is 0 Å². The highest BCUT2D eigenvalue weighted by molar-refractivity contribution is 5.86. The highest BCUT2D eigenvalue weighted by Gasteiger charge is 2.12. The van der Waals surface area contributed by atoms with E-state index in [-0.39, 0.29) is 5.57 Å². The lowest BCUT2D eigenvalue weighted by molar-refractivity contribution is 0.194. The molecule has 1 aliphatic carbocycles. The Bertz CT molecular complexity index is 512. The molecule has 0 saturated heterocycles. The lowest BCUT2D eigenvalue weighted by atomic mass is 10.1. The molecule has 5 heteroatoms. The molecule has 1 rings (SSSR count). The summed E-state index contributed by atoms with van der Waals surface area (Å²) in [7, 11) is 1.48. The number of allylic oxidation sites excluding steroid dienone is 8. The number of methoxy groups -OCH3 is 1. The Hall–Kier alpha value is -2.17. The molecule has 0 radical (unpaired) electrons. The fourth-order valence-corrected chi connectivity index (χ4v) is 1.50. The van der Waals surface area contributed by atoms with Gasteiger partial charge in [0.25, 0.3) is 6.43 Å². The summed E-state index contributed by atoms with van der Waals surface area (Å²) in [6.07, 6.45) is 9.00. The third-order valence-corrected chi connectivity index (χ3v) is 2.57. The third-order valence-electron chi connectivity index (χ3n) is 2.57. The van der Waals surface area contributed by atoms with Gasteiger partial charge in [-0.25, -0.2) is 13.8 Å². The van der Waals surface area contributed by atoms with E-state index >= 15 is 0 Å². The van der Waals surface area contributed by atoms with Crippen molar-refractivity contribution >= 4 is 6.21 Å². The minimum Gasteiger partial charge on any atom is -0.481 e. The molecule has 2 N–H and O–H groups in total. The molecule has 20 heavy (non-hydrogen) atoms. The van der Waals surface area contributed by atoms with Crippen LogP contribution in [0.2, 0.25) is 0 Å². The molecule has 0 aromatic rings. The van der Waals surface area contributed by atoms with Crippen molar-refractivity contribution in [3.05, 3.63) is 59.2 Å². The summed E-state index contributed by atoms with van der Waals surface area (Å²) >= 11 is 0. The summed E-state index contributed by atoms with van der Waals surface area (Å²) < 4.78 is 30.6. The lowest BCUT2D eigenvalue weighted by Gasteiger charge is -2.03. The van der Waals surface area contributed by atoms with Crippen molar-refractivity contribution in [2.24, 2.45) is 10.7 Å². The fourth-order valence-electron chi connectivity index (χ4n) is 1.50. The summed E-state index contributed by atoms with van der Waals surface area (Å²) in [5, 5.41) is 0. The van der Waals surface area contributed by atoms with Gasteiger partial charge in [-0.3, -0.25) is 0 Å². The molecule has 0 saturated carbocycles. The normalized spacial score (nSPS) is 17.2. The third kappa shape index (κ3) is 4.84. The van der Waals surface area contributed by atoms with Crippen LogP contribution >= 0.6 is 0 Å². The number of nitrogens with zero attached hydrogens (tertiary/aromatic N) is 1. The Balaban J connectivity index is 3.00. The van der Waals surface area contributed by atoms with E-state index in [4.69, 9.17) is 10.5 Å². The molecule has 0 heterocycles. The number of nitrogens with two attached hydrogens (primary N) is 1. The van der Waals surface area contributed by atoms with E-state index < -0.39 is 6.43 Å². The molecule has 0 aromatic carbocycles. The van der Waals surface area contributed by atoms with E-state index in [9.17, 15) is 8.78 Å². The van der Waals surface area contributed by atoms with Gasteiger partial charge in [-0.05, 0) is 25.5 Å². The van der Waals surface area contributed by atoms with E-state index in [1.54, 1.807) is 18.2 Å². The number of hydrogen-bond donors (Lipinski definition) is 1. The predicted molar refractivity (Wildman–Crippen MR) is 77.5 cm³/mol. The molecular weight excluding hydrogens is 262 g/mol. The van der Waals surface area contributed by atoms with Gasteiger partial charge in [0.15, 0.2) is 0 Å². The van der Waals surface area contributed by atoms with Gasteiger partial charge >= 0.3 is 0 Å². The Morgan fingerprint density at radius 2 is 2.20 bits per heavy atom. The second-order valence-corrected chi connectivity index (χ2v) is 3.99. The fraction of sp³-hybridized carbons (Fsp3) is 0.267. The highest BCUT2D eigenvalue weighted by atomic mass is 19.3. The Morgan fingerprint density at radius 3 is 2.80 bits per heavy atom. The van der Waals surface area contributed by atoms with Gasteiger partial charge in [0, 0.05) is 23.1 Å². The minimum atomic E-state index is -2.53. The number of aliphatic imine (C=N–C) groups is 1. The average Bonchev–Trinajstić information content (AvgIpc) is 2.61. The van der Waals surface area contributed by atoms with Crippen molar-refractivity contribution in [2.75, 3.05) is 7.11 Å². The molecule has 1 aliphatic rings. The zero-order valence-electron chi connectivity index (χ0n) is 11.5.